The molecule has 1 N–H and O–H groups in total. The summed E-state index contributed by atoms with van der Waals surface area (Å²) in [6.45, 7) is 7.57. The first-order chi connectivity index (χ1) is 14.6. The summed E-state index contributed by atoms with van der Waals surface area (Å²) in [4.78, 5) is 36.2. The maximum atomic E-state index is 12.7. The lowest BCUT2D eigenvalue weighted by Crippen LogP contribution is -2.48. The molecule has 1 amide bonds. The van der Waals surface area contributed by atoms with E-state index in [2.05, 4.69) is 5.32 Å². The first-order valence-electron chi connectivity index (χ1n) is 10.1. The van der Waals surface area contributed by atoms with Crippen molar-refractivity contribution in [3.8, 4) is 0 Å². The van der Waals surface area contributed by atoms with Gasteiger partial charge in [-0.2, -0.15) is 11.8 Å². The van der Waals surface area contributed by atoms with Gasteiger partial charge in [-0.15, -0.1) is 0 Å². The summed E-state index contributed by atoms with van der Waals surface area (Å²) in [5.74, 6) is -0.349. The largest absolute Gasteiger partial charge is 0.548 e. The summed E-state index contributed by atoms with van der Waals surface area (Å²) in [5, 5.41) is 15.5. The standard InChI is InChI=1S/C23H27NO6S/c1-11-14(4)29-20-13(3)21-17(10-16(11)20)12(2)15(23(28)30-21)6-7-19(25)24-18(22(26)27)8-9-31-5/h10,18H,6-9H2,1-5H3,(H,24,25)(H,26,27)/p-1/t18-/m0/s1. The first kappa shape index (κ1) is 22.9. The number of hydrogen-bond acceptors (Lipinski definition) is 7. The van der Waals surface area contributed by atoms with Crippen LogP contribution in [0.15, 0.2) is 19.7 Å². The Hall–Kier alpha value is -2.74. The van der Waals surface area contributed by atoms with E-state index >= 15 is 0 Å². The molecule has 7 nitrogen and oxygen atoms in total. The van der Waals surface area contributed by atoms with Crippen LogP contribution in [0.4, 0.5) is 0 Å². The van der Waals surface area contributed by atoms with Crippen LogP contribution in [0.3, 0.4) is 0 Å². The molecule has 2 aromatic heterocycles. The van der Waals surface area contributed by atoms with Crippen LogP contribution in [-0.2, 0) is 16.0 Å². The van der Waals surface area contributed by atoms with Crippen LogP contribution >= 0.6 is 11.8 Å². The van der Waals surface area contributed by atoms with Crippen molar-refractivity contribution in [2.75, 3.05) is 12.0 Å². The molecule has 0 spiro atoms. The average Bonchev–Trinajstić information content (AvgIpc) is 3.00. The Morgan fingerprint density at radius 2 is 1.71 bits per heavy atom. The molecule has 0 aliphatic heterocycles. The fourth-order valence-corrected chi connectivity index (χ4v) is 4.24. The van der Waals surface area contributed by atoms with Crippen molar-refractivity contribution in [1.29, 1.82) is 0 Å². The highest BCUT2D eigenvalue weighted by Gasteiger charge is 2.20. The summed E-state index contributed by atoms with van der Waals surface area (Å²) in [6.07, 6.45) is 2.27. The molecule has 0 unspecified atom stereocenters. The zero-order chi connectivity index (χ0) is 22.9. The SMILES string of the molecule is CSCC[C@H](NC(=O)CCc1c(C)c2cc3c(C)c(C)oc3c(C)c2oc1=O)C(=O)[O-]. The van der Waals surface area contributed by atoms with E-state index in [1.54, 1.807) is 0 Å². The quantitative estimate of drug-likeness (QED) is 0.532. The monoisotopic (exact) mass is 444 g/mol. The van der Waals surface area contributed by atoms with Crippen molar-refractivity contribution in [3.63, 3.8) is 0 Å². The first-order valence-corrected chi connectivity index (χ1v) is 11.5. The Kier molecular flexibility index (Phi) is 6.79. The second-order valence-corrected chi connectivity index (χ2v) is 8.74. The molecule has 8 heteroatoms. The van der Waals surface area contributed by atoms with Crippen molar-refractivity contribution in [1.82, 2.24) is 5.32 Å². The van der Waals surface area contributed by atoms with E-state index in [1.165, 1.54) is 11.8 Å². The summed E-state index contributed by atoms with van der Waals surface area (Å²) >= 11 is 1.49. The number of rotatable bonds is 8. The van der Waals surface area contributed by atoms with Gasteiger partial charge in [0.1, 0.15) is 16.9 Å². The van der Waals surface area contributed by atoms with Gasteiger partial charge in [-0.3, -0.25) is 4.79 Å². The van der Waals surface area contributed by atoms with Crippen LogP contribution in [0.5, 0.6) is 0 Å². The van der Waals surface area contributed by atoms with Gasteiger partial charge in [0, 0.05) is 28.3 Å². The minimum Gasteiger partial charge on any atom is -0.548 e. The molecule has 0 saturated carbocycles. The number of thioether (sulfide) groups is 1. The highest BCUT2D eigenvalue weighted by atomic mass is 32.2. The Bertz CT molecular complexity index is 1220. The number of aliphatic carboxylic acids is 1. The van der Waals surface area contributed by atoms with E-state index in [9.17, 15) is 19.5 Å². The second-order valence-electron chi connectivity index (χ2n) is 7.75. The molecule has 0 bridgehead atoms. The molecular weight excluding hydrogens is 418 g/mol. The van der Waals surface area contributed by atoms with E-state index in [0.29, 0.717) is 22.5 Å². The third kappa shape index (κ3) is 4.49. The van der Waals surface area contributed by atoms with E-state index in [0.717, 1.165) is 33.2 Å². The zero-order valence-electron chi connectivity index (χ0n) is 18.3. The molecule has 1 aromatic carbocycles. The zero-order valence-corrected chi connectivity index (χ0v) is 19.2. The van der Waals surface area contributed by atoms with Gasteiger partial charge in [-0.1, -0.05) is 0 Å². The molecule has 1 atom stereocenters. The number of aryl methyl sites for hydroxylation is 4. The highest BCUT2D eigenvalue weighted by Crippen LogP contribution is 2.34. The lowest BCUT2D eigenvalue weighted by Gasteiger charge is -2.19. The van der Waals surface area contributed by atoms with Crippen molar-refractivity contribution >= 4 is 45.6 Å². The number of nitrogens with one attached hydrogen (secondary N) is 1. The van der Waals surface area contributed by atoms with Crippen LogP contribution in [0.2, 0.25) is 0 Å². The molecule has 0 aliphatic carbocycles. The van der Waals surface area contributed by atoms with Crippen molar-refractivity contribution in [3.05, 3.63) is 44.5 Å². The van der Waals surface area contributed by atoms with Crippen LogP contribution < -0.4 is 16.0 Å². The number of benzene rings is 1. The number of hydrogen-bond donors (Lipinski definition) is 1. The molecule has 0 fully saturated rings. The molecule has 0 aliphatic rings. The Balaban J connectivity index is 1.90. The average molecular weight is 445 g/mol. The molecule has 3 rings (SSSR count). The number of amides is 1. The smallest absolute Gasteiger partial charge is 0.339 e. The topological polar surface area (TPSA) is 113 Å². The van der Waals surface area contributed by atoms with E-state index in [-0.39, 0.29) is 19.3 Å². The predicted molar refractivity (Wildman–Crippen MR) is 119 cm³/mol. The minimum absolute atomic E-state index is 0.0226. The summed E-state index contributed by atoms with van der Waals surface area (Å²) in [5.41, 5.74) is 3.64. The third-order valence-electron chi connectivity index (χ3n) is 5.78. The van der Waals surface area contributed by atoms with Gasteiger partial charge in [0.05, 0.1) is 12.0 Å². The summed E-state index contributed by atoms with van der Waals surface area (Å²) in [6, 6.07) is 0.914. The molecular formula is C23H26NO6S-. The molecule has 31 heavy (non-hydrogen) atoms. The normalized spacial score (nSPS) is 12.4. The molecule has 166 valence electrons. The maximum absolute atomic E-state index is 12.7. The van der Waals surface area contributed by atoms with Crippen LogP contribution in [-0.4, -0.2) is 29.9 Å². The highest BCUT2D eigenvalue weighted by molar-refractivity contribution is 7.98. The van der Waals surface area contributed by atoms with Crippen molar-refractivity contribution < 1.29 is 23.5 Å². The van der Waals surface area contributed by atoms with Gasteiger partial charge in [0.2, 0.25) is 5.91 Å². The van der Waals surface area contributed by atoms with Crippen LogP contribution in [0, 0.1) is 27.7 Å². The number of carboxylic acids is 1. The van der Waals surface area contributed by atoms with Gasteiger partial charge < -0.3 is 24.1 Å². The third-order valence-corrected chi connectivity index (χ3v) is 6.42. The van der Waals surface area contributed by atoms with Gasteiger partial charge in [-0.25, -0.2) is 4.79 Å². The number of furan rings is 1. The fourth-order valence-electron chi connectivity index (χ4n) is 3.77. The number of fused-ring (bicyclic) bond motifs is 2. The predicted octanol–water partition coefficient (Wildman–Crippen LogP) is 2.69. The van der Waals surface area contributed by atoms with Gasteiger partial charge in [0.25, 0.3) is 0 Å². The lowest BCUT2D eigenvalue weighted by atomic mass is 9.98. The minimum atomic E-state index is -1.31. The molecule has 0 radical (unpaired) electrons. The summed E-state index contributed by atoms with van der Waals surface area (Å²) < 4.78 is 11.5. The van der Waals surface area contributed by atoms with Crippen LogP contribution in [0.1, 0.15) is 40.9 Å². The Morgan fingerprint density at radius 1 is 1.06 bits per heavy atom. The maximum Gasteiger partial charge on any atom is 0.339 e. The lowest BCUT2D eigenvalue weighted by molar-refractivity contribution is -0.308. The van der Waals surface area contributed by atoms with E-state index < -0.39 is 23.5 Å². The fraction of sp³-hybridized carbons (Fsp3) is 0.435. The Morgan fingerprint density at radius 3 is 2.35 bits per heavy atom. The van der Waals surface area contributed by atoms with Crippen molar-refractivity contribution in [2.24, 2.45) is 0 Å². The van der Waals surface area contributed by atoms with E-state index in [4.69, 9.17) is 8.83 Å². The second kappa shape index (κ2) is 9.18. The molecule has 2 heterocycles. The van der Waals surface area contributed by atoms with Gasteiger partial charge in [-0.05, 0) is 69.7 Å². The van der Waals surface area contributed by atoms with Gasteiger partial charge >= 0.3 is 5.63 Å². The number of carbonyl (C=O) groups excluding carboxylic acids is 2. The van der Waals surface area contributed by atoms with E-state index in [1.807, 2.05) is 40.0 Å². The summed E-state index contributed by atoms with van der Waals surface area (Å²) in [7, 11) is 0. The molecule has 0 saturated heterocycles. The van der Waals surface area contributed by atoms with Crippen LogP contribution in [0.25, 0.3) is 21.9 Å². The number of carboxylic acid groups (broad SMARTS) is 1. The Labute approximate surface area is 184 Å². The van der Waals surface area contributed by atoms with Crippen molar-refractivity contribution in [2.45, 2.75) is 53.0 Å². The number of carbonyl (C=O) groups is 2. The molecule has 3 aromatic rings. The van der Waals surface area contributed by atoms with Gasteiger partial charge in [0.15, 0.2) is 0 Å².